The van der Waals surface area contributed by atoms with Gasteiger partial charge in [0.25, 0.3) is 0 Å². The van der Waals surface area contributed by atoms with E-state index in [1.54, 1.807) is 0 Å². The van der Waals surface area contributed by atoms with Crippen LogP contribution >= 0.6 is 0 Å². The maximum atomic E-state index is 13.6. The molecule has 2 aromatic rings. The molecule has 2 aliphatic rings. The van der Waals surface area contributed by atoms with Crippen LogP contribution in [-0.2, 0) is 11.3 Å². The number of para-hydroxylation sites is 1. The summed E-state index contributed by atoms with van der Waals surface area (Å²) in [5.74, 6) is 0.422. The average molecular weight is 369 g/mol. The van der Waals surface area contributed by atoms with Gasteiger partial charge in [-0.05, 0) is 23.8 Å². The Hall–Kier alpha value is -1.65. The Bertz CT molecular complexity index is 858. The van der Waals surface area contributed by atoms with Gasteiger partial charge in [0, 0.05) is 54.3 Å². The van der Waals surface area contributed by atoms with E-state index in [1.807, 2.05) is 6.07 Å². The van der Waals surface area contributed by atoms with Crippen LogP contribution in [0.4, 0.5) is 0 Å². The molecule has 0 unspecified atom stereocenters. The molecule has 1 saturated carbocycles. The molecule has 0 bridgehead atoms. The molecule has 0 N–H and O–H groups in total. The Balaban J connectivity index is 1.68. The first-order valence-corrected chi connectivity index (χ1v) is 10.2. The van der Waals surface area contributed by atoms with Crippen LogP contribution in [0.5, 0.6) is 0 Å². The second-order valence-electron chi connectivity index (χ2n) is 9.32. The maximum Gasteiger partial charge on any atom is 0.169 e. The van der Waals surface area contributed by atoms with Crippen molar-refractivity contribution in [3.05, 3.63) is 35.5 Å². The first-order chi connectivity index (χ1) is 12.8. The Morgan fingerprint density at radius 3 is 2.33 bits per heavy atom. The van der Waals surface area contributed by atoms with Crippen LogP contribution in [0.15, 0.2) is 24.3 Å². The van der Waals surface area contributed by atoms with E-state index in [0.717, 1.165) is 56.0 Å². The van der Waals surface area contributed by atoms with Crippen LogP contribution in [0, 0.1) is 23.7 Å². The largest absolute Gasteiger partial charge is 0.379 e. The van der Waals surface area contributed by atoms with Gasteiger partial charge in [-0.15, -0.1) is 0 Å². The number of benzene rings is 1. The first kappa shape index (κ1) is 18.7. The van der Waals surface area contributed by atoms with Crippen LogP contribution < -0.4 is 0 Å². The summed E-state index contributed by atoms with van der Waals surface area (Å²) in [5.41, 5.74) is 3.37. The van der Waals surface area contributed by atoms with Crippen molar-refractivity contribution in [3.63, 3.8) is 0 Å². The molecule has 1 aliphatic heterocycles. The van der Waals surface area contributed by atoms with Gasteiger partial charge >= 0.3 is 0 Å². The van der Waals surface area contributed by atoms with Gasteiger partial charge in [-0.3, -0.25) is 9.69 Å². The molecule has 4 nitrogen and oxygen atoms in total. The second-order valence-corrected chi connectivity index (χ2v) is 9.32. The van der Waals surface area contributed by atoms with Crippen LogP contribution in [0.1, 0.15) is 43.7 Å². The zero-order chi connectivity index (χ0) is 19.4. The summed E-state index contributed by atoms with van der Waals surface area (Å²) >= 11 is 0. The van der Waals surface area contributed by atoms with Gasteiger partial charge in [-0.1, -0.05) is 45.9 Å². The van der Waals surface area contributed by atoms with Crippen LogP contribution in [0.25, 0.3) is 10.9 Å². The second kappa shape index (κ2) is 6.46. The average Bonchev–Trinajstić information content (AvgIpc) is 2.91. The zero-order valence-corrected chi connectivity index (χ0v) is 17.3. The monoisotopic (exact) mass is 368 g/mol. The molecule has 0 spiro atoms. The van der Waals surface area contributed by atoms with Gasteiger partial charge in [-0.2, -0.15) is 0 Å². The number of carbonyl (C=O) groups excluding carboxylic acids is 1. The summed E-state index contributed by atoms with van der Waals surface area (Å²) in [6.07, 6.45) is 0. The molecule has 1 aromatic carbocycles. The van der Waals surface area contributed by atoms with E-state index < -0.39 is 0 Å². The molecule has 1 aliphatic carbocycles. The van der Waals surface area contributed by atoms with E-state index in [1.165, 1.54) is 5.52 Å². The van der Waals surface area contributed by atoms with Crippen molar-refractivity contribution in [2.45, 2.75) is 41.2 Å². The number of ether oxygens (including phenoxy) is 1. The van der Waals surface area contributed by atoms with Crippen LogP contribution in [0.3, 0.4) is 0 Å². The molecular weight excluding hydrogens is 336 g/mol. The SMILES string of the molecule is Cc1c(C(=O)C2C(C)(C)C2(C)C)c2ccccc2n1CCN1CCOCC1. The molecular formula is C23H32N2O2. The molecule has 2 fully saturated rings. The number of carbonyl (C=O) groups is 1. The van der Waals surface area contributed by atoms with E-state index in [0.29, 0.717) is 5.78 Å². The highest BCUT2D eigenvalue weighted by Gasteiger charge is 2.68. The topological polar surface area (TPSA) is 34.5 Å². The predicted octanol–water partition coefficient (Wildman–Crippen LogP) is 4.15. The lowest BCUT2D eigenvalue weighted by atomic mass is 9.99. The lowest BCUT2D eigenvalue weighted by Crippen LogP contribution is -2.38. The van der Waals surface area contributed by atoms with Gasteiger partial charge in [0.1, 0.15) is 0 Å². The molecule has 4 rings (SSSR count). The van der Waals surface area contributed by atoms with Crippen molar-refractivity contribution in [3.8, 4) is 0 Å². The molecule has 1 saturated heterocycles. The number of hydrogen-bond donors (Lipinski definition) is 0. The van der Waals surface area contributed by atoms with E-state index >= 15 is 0 Å². The minimum Gasteiger partial charge on any atom is -0.379 e. The van der Waals surface area contributed by atoms with Gasteiger partial charge < -0.3 is 9.30 Å². The van der Waals surface area contributed by atoms with E-state index in [2.05, 4.69) is 62.3 Å². The third kappa shape index (κ3) is 2.85. The fourth-order valence-corrected chi connectivity index (χ4v) is 5.09. The number of morpholine rings is 1. The fraction of sp³-hybridized carbons (Fsp3) is 0.609. The first-order valence-electron chi connectivity index (χ1n) is 10.2. The highest BCUT2D eigenvalue weighted by atomic mass is 16.5. The standard InChI is InChI=1S/C23H32N2O2/c1-16-19(20(26)21-22(2,3)23(21,4)5)17-8-6-7-9-18(17)25(16)11-10-24-12-14-27-15-13-24/h6-9,21H,10-15H2,1-5H3. The highest BCUT2D eigenvalue weighted by Crippen LogP contribution is 2.69. The zero-order valence-electron chi connectivity index (χ0n) is 17.3. The third-order valence-corrected chi connectivity index (χ3v) is 7.50. The molecule has 4 heteroatoms. The molecule has 27 heavy (non-hydrogen) atoms. The Labute approximate surface area is 162 Å². The van der Waals surface area contributed by atoms with Crippen LogP contribution in [0.2, 0.25) is 0 Å². The summed E-state index contributed by atoms with van der Waals surface area (Å²) in [4.78, 5) is 16.0. The fourth-order valence-electron chi connectivity index (χ4n) is 5.09. The van der Waals surface area contributed by atoms with Crippen molar-refractivity contribution in [1.82, 2.24) is 9.47 Å². The summed E-state index contributed by atoms with van der Waals surface area (Å²) in [7, 11) is 0. The van der Waals surface area contributed by atoms with E-state index in [-0.39, 0.29) is 16.7 Å². The number of rotatable bonds is 5. The number of Topliss-reactive ketones (excluding diaryl/α,β-unsaturated/α-hetero) is 1. The van der Waals surface area contributed by atoms with Crippen molar-refractivity contribution in [1.29, 1.82) is 0 Å². The van der Waals surface area contributed by atoms with E-state index in [9.17, 15) is 4.79 Å². The highest BCUT2D eigenvalue weighted by molar-refractivity contribution is 6.12. The van der Waals surface area contributed by atoms with E-state index in [4.69, 9.17) is 4.74 Å². The van der Waals surface area contributed by atoms with Crippen molar-refractivity contribution < 1.29 is 9.53 Å². The van der Waals surface area contributed by atoms with Gasteiger partial charge in [0.05, 0.1) is 13.2 Å². The lowest BCUT2D eigenvalue weighted by molar-refractivity contribution is 0.0365. The summed E-state index contributed by atoms with van der Waals surface area (Å²) in [5, 5.41) is 1.11. The summed E-state index contributed by atoms with van der Waals surface area (Å²) in [6, 6.07) is 8.39. The number of nitrogens with zero attached hydrogens (tertiary/aromatic N) is 2. The summed E-state index contributed by atoms with van der Waals surface area (Å²) in [6.45, 7) is 16.6. The van der Waals surface area contributed by atoms with Crippen molar-refractivity contribution in [2.24, 2.45) is 16.7 Å². The van der Waals surface area contributed by atoms with Gasteiger partial charge in [-0.25, -0.2) is 0 Å². The normalized spacial score (nSPS) is 22.3. The molecule has 1 aromatic heterocycles. The smallest absolute Gasteiger partial charge is 0.169 e. The minimum atomic E-state index is 0.0630. The number of aromatic nitrogens is 1. The molecule has 0 amide bonds. The molecule has 146 valence electrons. The van der Waals surface area contributed by atoms with Crippen molar-refractivity contribution in [2.75, 3.05) is 32.8 Å². The number of ketones is 1. The summed E-state index contributed by atoms with van der Waals surface area (Å²) < 4.78 is 7.81. The lowest BCUT2D eigenvalue weighted by Gasteiger charge is -2.27. The third-order valence-electron chi connectivity index (χ3n) is 7.50. The Morgan fingerprint density at radius 2 is 1.70 bits per heavy atom. The van der Waals surface area contributed by atoms with Crippen molar-refractivity contribution >= 4 is 16.7 Å². The molecule has 0 atom stereocenters. The molecule has 2 heterocycles. The number of hydrogen-bond acceptors (Lipinski definition) is 3. The predicted molar refractivity (Wildman–Crippen MR) is 109 cm³/mol. The minimum absolute atomic E-state index is 0.0630. The molecule has 0 radical (unpaired) electrons. The number of fused-ring (bicyclic) bond motifs is 1. The van der Waals surface area contributed by atoms with Gasteiger partial charge in [0.2, 0.25) is 0 Å². The van der Waals surface area contributed by atoms with Gasteiger partial charge in [0.15, 0.2) is 5.78 Å². The Morgan fingerprint density at radius 1 is 1.07 bits per heavy atom. The Kier molecular flexibility index (Phi) is 4.47. The van der Waals surface area contributed by atoms with Crippen LogP contribution in [-0.4, -0.2) is 48.1 Å². The quantitative estimate of drug-likeness (QED) is 0.744. The maximum absolute atomic E-state index is 13.6.